The third kappa shape index (κ3) is 3.77. The first-order chi connectivity index (χ1) is 14.6. The fraction of sp³-hybridized carbons (Fsp3) is 0.150. The predicted octanol–water partition coefficient (Wildman–Crippen LogP) is 4.58. The van der Waals surface area contributed by atoms with Gasteiger partial charge < -0.3 is 5.11 Å². The maximum atomic E-state index is 14.6. The smallest absolute Gasteiger partial charge is 0.416 e. The lowest BCUT2D eigenvalue weighted by molar-refractivity contribution is -0.532. The molecule has 31 heavy (non-hydrogen) atoms. The molecule has 0 aliphatic carbocycles. The van der Waals surface area contributed by atoms with Crippen LogP contribution in [0.4, 0.5) is 17.6 Å². The minimum Gasteiger partial charge on any atom is -0.477 e. The summed E-state index contributed by atoms with van der Waals surface area (Å²) in [6.45, 7) is 1.72. The van der Waals surface area contributed by atoms with Crippen LogP contribution in [0.15, 0.2) is 47.5 Å². The molecule has 0 atom stereocenters. The van der Waals surface area contributed by atoms with Gasteiger partial charge in [0.25, 0.3) is 11.5 Å². The van der Waals surface area contributed by atoms with Crippen molar-refractivity contribution in [3.05, 3.63) is 79.4 Å². The van der Waals surface area contributed by atoms with E-state index in [4.69, 9.17) is 11.6 Å². The van der Waals surface area contributed by atoms with Gasteiger partial charge in [-0.2, -0.15) is 22.1 Å². The van der Waals surface area contributed by atoms with E-state index in [1.807, 2.05) is 0 Å². The number of nitrogens with zero attached hydrogens (tertiary/aromatic N) is 3. The summed E-state index contributed by atoms with van der Waals surface area (Å²) >= 11 is 7.01. The molecule has 0 aliphatic rings. The second kappa shape index (κ2) is 7.61. The Kier molecular flexibility index (Phi) is 5.22. The summed E-state index contributed by atoms with van der Waals surface area (Å²) in [6, 6.07) is 4.99. The van der Waals surface area contributed by atoms with Crippen LogP contribution in [-0.2, 0) is 12.7 Å². The number of halogens is 5. The molecule has 0 spiro atoms. The molecule has 3 heterocycles. The van der Waals surface area contributed by atoms with Crippen molar-refractivity contribution in [3.8, 4) is 17.0 Å². The normalized spacial score (nSPS) is 11.9. The van der Waals surface area contributed by atoms with Crippen LogP contribution in [0.1, 0.15) is 16.0 Å². The summed E-state index contributed by atoms with van der Waals surface area (Å²) in [4.78, 5) is 17.7. The molecule has 160 valence electrons. The first kappa shape index (κ1) is 21.3. The summed E-state index contributed by atoms with van der Waals surface area (Å²) in [5, 5.41) is 11.0. The lowest BCUT2D eigenvalue weighted by Crippen LogP contribution is -2.44. The van der Waals surface area contributed by atoms with Gasteiger partial charge >= 0.3 is 11.7 Å². The van der Waals surface area contributed by atoms with Gasteiger partial charge in [-0.15, -0.1) is 11.3 Å². The molecule has 4 rings (SSSR count). The molecule has 1 N–H and O–H groups in total. The molecule has 1 aromatic carbocycles. The van der Waals surface area contributed by atoms with Crippen LogP contribution in [0.2, 0.25) is 4.47 Å². The zero-order valence-corrected chi connectivity index (χ0v) is 17.3. The second-order valence-corrected chi connectivity index (χ2v) is 8.44. The maximum absolute atomic E-state index is 14.6. The molecule has 0 unspecified atom stereocenters. The number of rotatable bonds is 3. The molecule has 4 aromatic rings. The highest BCUT2D eigenvalue weighted by Crippen LogP contribution is 2.35. The highest BCUT2D eigenvalue weighted by molar-refractivity contribution is 7.15. The third-order valence-corrected chi connectivity index (χ3v) is 5.83. The van der Waals surface area contributed by atoms with Gasteiger partial charge in [-0.25, -0.2) is 14.2 Å². The number of aryl methyl sites for hydroxylation is 1. The topological polar surface area (TPSA) is 59.2 Å². The number of fused-ring (bicyclic) bond motifs is 1. The van der Waals surface area contributed by atoms with E-state index < -0.39 is 40.1 Å². The van der Waals surface area contributed by atoms with Crippen molar-refractivity contribution in [1.82, 2.24) is 9.55 Å². The Morgan fingerprint density at radius 3 is 2.68 bits per heavy atom. The van der Waals surface area contributed by atoms with E-state index in [1.54, 1.807) is 19.1 Å². The van der Waals surface area contributed by atoms with Crippen molar-refractivity contribution >= 4 is 28.6 Å². The first-order valence-electron chi connectivity index (χ1n) is 8.82. The summed E-state index contributed by atoms with van der Waals surface area (Å²) in [5.41, 5.74) is -2.32. The highest BCUT2D eigenvalue weighted by atomic mass is 35.5. The zero-order valence-electron chi connectivity index (χ0n) is 15.7. The van der Waals surface area contributed by atoms with E-state index in [2.05, 4.69) is 4.98 Å². The van der Waals surface area contributed by atoms with Crippen molar-refractivity contribution < 1.29 is 27.1 Å². The lowest BCUT2D eigenvalue weighted by Gasteiger charge is -2.13. The fourth-order valence-corrected chi connectivity index (χ4v) is 4.32. The van der Waals surface area contributed by atoms with Crippen molar-refractivity contribution in [2.24, 2.45) is 0 Å². The highest BCUT2D eigenvalue weighted by Gasteiger charge is 2.34. The summed E-state index contributed by atoms with van der Waals surface area (Å²) in [6.07, 6.45) is -1.88. The van der Waals surface area contributed by atoms with Gasteiger partial charge in [-0.05, 0) is 37.3 Å². The molecule has 0 saturated heterocycles. The molecule has 5 nitrogen and oxygen atoms in total. The average Bonchev–Trinajstić information content (AvgIpc) is 3.10. The van der Waals surface area contributed by atoms with Gasteiger partial charge in [0, 0.05) is 17.3 Å². The molecule has 0 bridgehead atoms. The average molecular weight is 471 g/mol. The van der Waals surface area contributed by atoms with Gasteiger partial charge in [0.1, 0.15) is 12.4 Å². The Hall–Kier alpha value is -2.98. The van der Waals surface area contributed by atoms with Gasteiger partial charge in [0.2, 0.25) is 0 Å². The molecule has 0 aliphatic heterocycles. The quantitative estimate of drug-likeness (QED) is 0.352. The lowest BCUT2D eigenvalue weighted by atomic mass is 10.0. The predicted molar refractivity (Wildman–Crippen MR) is 107 cm³/mol. The molecular weight excluding hydrogens is 458 g/mol. The molecular formula is C20H13ClF4N3O2S+. The maximum Gasteiger partial charge on any atom is 0.416 e. The Labute approximate surface area is 181 Å². The minimum absolute atomic E-state index is 0.0123. The first-order valence-corrected chi connectivity index (χ1v) is 10.0. The van der Waals surface area contributed by atoms with Crippen molar-refractivity contribution in [3.63, 3.8) is 0 Å². The fourth-order valence-electron chi connectivity index (χ4n) is 3.36. The molecule has 0 fully saturated rings. The third-order valence-electron chi connectivity index (χ3n) is 4.73. The van der Waals surface area contributed by atoms with Crippen LogP contribution in [0.3, 0.4) is 0 Å². The Balaban J connectivity index is 2.07. The standard InChI is InChI=1S/C20H12ClF4N3O2S/c1-10-3-2-6-27-16(10)28(9-12-8-26-19(21)31-12)18(30)15(17(27)29)13-7-11(20(23,24)25)4-5-14(13)22/h2-8H,9H2,1H3/p+1. The van der Waals surface area contributed by atoms with Gasteiger partial charge in [0.05, 0.1) is 16.6 Å². The molecule has 0 radical (unpaired) electrons. The molecule has 0 amide bonds. The van der Waals surface area contributed by atoms with Crippen molar-refractivity contribution in [2.45, 2.75) is 19.6 Å². The van der Waals surface area contributed by atoms with Crippen LogP contribution in [-0.4, -0.2) is 14.7 Å². The summed E-state index contributed by atoms with van der Waals surface area (Å²) < 4.78 is 56.9. The monoisotopic (exact) mass is 470 g/mol. The van der Waals surface area contributed by atoms with Crippen LogP contribution in [0.25, 0.3) is 16.8 Å². The Morgan fingerprint density at radius 2 is 2.03 bits per heavy atom. The Bertz CT molecular complexity index is 1380. The van der Waals surface area contributed by atoms with Crippen LogP contribution >= 0.6 is 22.9 Å². The Morgan fingerprint density at radius 1 is 1.29 bits per heavy atom. The molecule has 3 aromatic heterocycles. The largest absolute Gasteiger partial charge is 0.477 e. The van der Waals surface area contributed by atoms with E-state index in [0.29, 0.717) is 34.3 Å². The van der Waals surface area contributed by atoms with Gasteiger partial charge in [0.15, 0.2) is 10.0 Å². The summed E-state index contributed by atoms with van der Waals surface area (Å²) in [5.74, 6) is -1.73. The summed E-state index contributed by atoms with van der Waals surface area (Å²) in [7, 11) is 0. The number of benzene rings is 1. The number of aromatic hydroxyl groups is 1. The molecule has 0 saturated carbocycles. The van der Waals surface area contributed by atoms with E-state index in [9.17, 15) is 27.5 Å². The van der Waals surface area contributed by atoms with E-state index in [-0.39, 0.29) is 11.0 Å². The number of pyridine rings is 1. The number of hydrogen-bond acceptors (Lipinski definition) is 4. The number of alkyl halides is 3. The van der Waals surface area contributed by atoms with Crippen LogP contribution < -0.4 is 9.96 Å². The number of thiazole rings is 1. The van der Waals surface area contributed by atoms with Crippen LogP contribution in [0.5, 0.6) is 5.88 Å². The minimum atomic E-state index is -4.75. The van der Waals surface area contributed by atoms with Crippen molar-refractivity contribution in [1.29, 1.82) is 0 Å². The second-order valence-electron chi connectivity index (χ2n) is 6.75. The zero-order chi connectivity index (χ0) is 22.5. The van der Waals surface area contributed by atoms with Gasteiger partial charge in [-0.3, -0.25) is 0 Å². The van der Waals surface area contributed by atoms with E-state index in [1.165, 1.54) is 17.0 Å². The number of hydrogen-bond donors (Lipinski definition) is 1. The van der Waals surface area contributed by atoms with E-state index in [0.717, 1.165) is 15.7 Å². The van der Waals surface area contributed by atoms with Gasteiger partial charge in [-0.1, -0.05) is 11.6 Å². The van der Waals surface area contributed by atoms with Crippen molar-refractivity contribution in [2.75, 3.05) is 0 Å². The number of aromatic nitrogens is 3. The SMILES string of the molecule is Cc1ccc[n+]2c(=O)c(-c3cc(C(F)(F)F)ccc3F)c(O)n(Cc3cnc(Cl)s3)c12. The van der Waals surface area contributed by atoms with E-state index >= 15 is 0 Å². The molecule has 11 heteroatoms. The van der Waals surface area contributed by atoms with Crippen LogP contribution in [0, 0.1) is 12.7 Å².